The van der Waals surface area contributed by atoms with Crippen LogP contribution < -0.4 is 16.0 Å². The van der Waals surface area contributed by atoms with Gasteiger partial charge < -0.3 is 25.5 Å². The number of aryl methyl sites for hydroxylation is 1. The van der Waals surface area contributed by atoms with E-state index in [4.69, 9.17) is 20.4 Å². The summed E-state index contributed by atoms with van der Waals surface area (Å²) in [6.07, 6.45) is 1.94. The zero-order chi connectivity index (χ0) is 21.3. The molecule has 4 aromatic rings. The third-order valence-electron chi connectivity index (χ3n) is 4.68. The Hall–Kier alpha value is -3.89. The molecule has 0 saturated heterocycles. The fourth-order valence-corrected chi connectivity index (χ4v) is 3.36. The molecule has 0 saturated carbocycles. The number of nitrogen functional groups attached to an aromatic ring is 1. The lowest BCUT2D eigenvalue weighted by molar-refractivity contribution is 0.194. The van der Waals surface area contributed by atoms with Gasteiger partial charge in [-0.15, -0.1) is 0 Å². The van der Waals surface area contributed by atoms with Crippen molar-refractivity contribution in [1.82, 2.24) is 30.0 Å². The Bertz CT molecular complexity index is 1210. The molecule has 1 amide bonds. The highest BCUT2D eigenvalue weighted by molar-refractivity contribution is 6.00. The van der Waals surface area contributed by atoms with Crippen molar-refractivity contribution in [2.24, 2.45) is 0 Å². The van der Waals surface area contributed by atoms with E-state index >= 15 is 0 Å². The molecule has 1 aromatic carbocycles. The van der Waals surface area contributed by atoms with Crippen LogP contribution >= 0.6 is 0 Å². The van der Waals surface area contributed by atoms with Crippen molar-refractivity contribution in [2.75, 3.05) is 31.3 Å². The van der Waals surface area contributed by atoms with Crippen molar-refractivity contribution in [3.05, 3.63) is 24.5 Å². The van der Waals surface area contributed by atoms with Crippen molar-refractivity contribution in [1.29, 1.82) is 0 Å². The highest BCUT2D eigenvalue weighted by Gasteiger charge is 2.20. The number of hydrogen-bond acceptors (Lipinski definition) is 8. The Morgan fingerprint density at radius 1 is 1.30 bits per heavy atom. The summed E-state index contributed by atoms with van der Waals surface area (Å²) >= 11 is 0. The Morgan fingerprint density at radius 3 is 2.90 bits per heavy atom. The summed E-state index contributed by atoms with van der Waals surface area (Å²) in [7, 11) is 3.84. The van der Waals surface area contributed by atoms with E-state index in [9.17, 15) is 4.79 Å². The Labute approximate surface area is 171 Å². The molecule has 3 aromatic heterocycles. The summed E-state index contributed by atoms with van der Waals surface area (Å²) in [4.78, 5) is 25.6. The summed E-state index contributed by atoms with van der Waals surface area (Å²) in [6, 6.07) is 5.72. The number of nitrogens with one attached hydrogen (secondary N) is 1. The molecule has 11 nitrogen and oxygen atoms in total. The number of carbonyl (C=O) groups is 1. The molecule has 3 heterocycles. The fourth-order valence-electron chi connectivity index (χ4n) is 3.36. The van der Waals surface area contributed by atoms with Gasteiger partial charge in [0.15, 0.2) is 11.2 Å². The lowest BCUT2D eigenvalue weighted by atomic mass is 10.1. The van der Waals surface area contributed by atoms with Gasteiger partial charge in [0, 0.05) is 32.7 Å². The molecule has 0 fully saturated rings. The molecule has 4 N–H and O–H groups in total. The number of nitrogens with two attached hydrogens (primary N) is 1. The SMILES string of the molecule is CN(C)c1ncnc2c1c(-c1ccc3oc(N)nc3c1)nn2CCCCNC(=O)O. The third kappa shape index (κ3) is 3.69. The first-order chi connectivity index (χ1) is 14.4. The predicted molar refractivity (Wildman–Crippen MR) is 112 cm³/mol. The minimum Gasteiger partial charge on any atom is -0.465 e. The summed E-state index contributed by atoms with van der Waals surface area (Å²) in [5.74, 6) is 0.758. The number of anilines is 2. The molecular weight excluding hydrogens is 388 g/mol. The molecule has 0 spiro atoms. The molecule has 0 atom stereocenters. The van der Waals surface area contributed by atoms with Gasteiger partial charge >= 0.3 is 6.09 Å². The lowest BCUT2D eigenvalue weighted by Gasteiger charge is -2.12. The van der Waals surface area contributed by atoms with Gasteiger partial charge in [-0.25, -0.2) is 19.4 Å². The minimum absolute atomic E-state index is 0.116. The number of nitrogens with zero attached hydrogens (tertiary/aromatic N) is 6. The van der Waals surface area contributed by atoms with Crippen LogP contribution in [0.2, 0.25) is 0 Å². The van der Waals surface area contributed by atoms with E-state index in [1.165, 1.54) is 6.33 Å². The van der Waals surface area contributed by atoms with E-state index in [1.54, 1.807) is 0 Å². The molecule has 156 valence electrons. The summed E-state index contributed by atoms with van der Waals surface area (Å²) in [5.41, 5.74) is 9.23. The van der Waals surface area contributed by atoms with Crippen molar-refractivity contribution >= 4 is 40.1 Å². The maximum atomic E-state index is 10.6. The average Bonchev–Trinajstić information content (AvgIpc) is 3.26. The first-order valence-electron chi connectivity index (χ1n) is 9.46. The predicted octanol–water partition coefficient (Wildman–Crippen LogP) is 2.33. The van der Waals surface area contributed by atoms with Crippen LogP contribution in [0.4, 0.5) is 16.6 Å². The molecule has 4 rings (SSSR count). The quantitative estimate of drug-likeness (QED) is 0.390. The Morgan fingerprint density at radius 2 is 2.13 bits per heavy atom. The monoisotopic (exact) mass is 410 g/mol. The van der Waals surface area contributed by atoms with Gasteiger partial charge in [0.2, 0.25) is 0 Å². The summed E-state index contributed by atoms with van der Waals surface area (Å²) in [6.45, 7) is 0.990. The van der Waals surface area contributed by atoms with Crippen molar-refractivity contribution in [2.45, 2.75) is 19.4 Å². The van der Waals surface area contributed by atoms with Gasteiger partial charge in [0.1, 0.15) is 23.4 Å². The lowest BCUT2D eigenvalue weighted by Crippen LogP contribution is -2.22. The number of fused-ring (bicyclic) bond motifs is 2. The van der Waals surface area contributed by atoms with Crippen molar-refractivity contribution < 1.29 is 14.3 Å². The third-order valence-corrected chi connectivity index (χ3v) is 4.68. The number of aromatic nitrogens is 5. The Kier molecular flexibility index (Phi) is 5.09. The maximum absolute atomic E-state index is 10.6. The summed E-state index contributed by atoms with van der Waals surface area (Å²) in [5, 5.41) is 16.7. The number of unbranched alkanes of at least 4 members (excludes halogenated alkanes) is 1. The second kappa shape index (κ2) is 7.85. The van der Waals surface area contributed by atoms with Gasteiger partial charge in [-0.2, -0.15) is 10.1 Å². The molecule has 0 aliphatic rings. The van der Waals surface area contributed by atoms with Gasteiger partial charge in [0.05, 0.1) is 5.39 Å². The van der Waals surface area contributed by atoms with Gasteiger partial charge in [0.25, 0.3) is 6.01 Å². The van der Waals surface area contributed by atoms with Crippen LogP contribution in [-0.2, 0) is 6.54 Å². The minimum atomic E-state index is -1.02. The largest absolute Gasteiger partial charge is 0.465 e. The van der Waals surface area contributed by atoms with E-state index in [1.807, 2.05) is 41.9 Å². The summed E-state index contributed by atoms with van der Waals surface area (Å²) < 4.78 is 7.20. The van der Waals surface area contributed by atoms with Crippen LogP contribution in [0.5, 0.6) is 0 Å². The van der Waals surface area contributed by atoms with Crippen LogP contribution in [0, 0.1) is 0 Å². The highest BCUT2D eigenvalue weighted by atomic mass is 16.4. The average molecular weight is 410 g/mol. The molecule has 0 bridgehead atoms. The molecule has 0 aliphatic carbocycles. The van der Waals surface area contributed by atoms with Crippen LogP contribution in [0.25, 0.3) is 33.4 Å². The molecule has 30 heavy (non-hydrogen) atoms. The smallest absolute Gasteiger partial charge is 0.404 e. The van der Waals surface area contributed by atoms with E-state index in [2.05, 4.69) is 20.3 Å². The van der Waals surface area contributed by atoms with Crippen LogP contribution in [0.15, 0.2) is 28.9 Å². The van der Waals surface area contributed by atoms with Gasteiger partial charge in [-0.05, 0) is 31.0 Å². The molecular formula is C19H22N8O3. The number of carboxylic acid groups (broad SMARTS) is 1. The van der Waals surface area contributed by atoms with Crippen molar-refractivity contribution in [3.63, 3.8) is 0 Å². The molecule has 0 aliphatic heterocycles. The molecule has 0 radical (unpaired) electrons. The fraction of sp³-hybridized carbons (Fsp3) is 0.316. The van der Waals surface area contributed by atoms with Gasteiger partial charge in [-0.3, -0.25) is 0 Å². The van der Waals surface area contributed by atoms with Crippen LogP contribution in [-0.4, -0.2) is 56.6 Å². The van der Waals surface area contributed by atoms with Gasteiger partial charge in [-0.1, -0.05) is 0 Å². The molecule has 0 unspecified atom stereocenters. The van der Waals surface area contributed by atoms with E-state index in [-0.39, 0.29) is 6.01 Å². The van der Waals surface area contributed by atoms with E-state index < -0.39 is 6.09 Å². The zero-order valence-corrected chi connectivity index (χ0v) is 16.7. The number of rotatable bonds is 7. The first-order valence-corrected chi connectivity index (χ1v) is 9.46. The normalized spacial score (nSPS) is 11.3. The number of hydrogen-bond donors (Lipinski definition) is 3. The van der Waals surface area contributed by atoms with Crippen LogP contribution in [0.3, 0.4) is 0 Å². The van der Waals surface area contributed by atoms with Crippen molar-refractivity contribution in [3.8, 4) is 11.3 Å². The zero-order valence-electron chi connectivity index (χ0n) is 16.7. The Balaban J connectivity index is 1.74. The first kappa shape index (κ1) is 19.4. The second-order valence-corrected chi connectivity index (χ2v) is 7.04. The van der Waals surface area contributed by atoms with E-state index in [0.717, 1.165) is 34.5 Å². The van der Waals surface area contributed by atoms with E-state index in [0.29, 0.717) is 30.6 Å². The topological polar surface area (TPSA) is 148 Å². The molecule has 11 heteroatoms. The van der Waals surface area contributed by atoms with Crippen LogP contribution in [0.1, 0.15) is 12.8 Å². The highest BCUT2D eigenvalue weighted by Crippen LogP contribution is 2.34. The second-order valence-electron chi connectivity index (χ2n) is 7.04. The number of benzene rings is 1. The standard InChI is InChI=1S/C19H22N8O3/c1-26(2)16-14-15(11-5-6-13-12(9-11)24-18(20)30-13)25-27(17(14)23-10-22-16)8-4-3-7-21-19(28)29/h5-6,9-10,21H,3-4,7-8H2,1-2H3,(H2,20,24)(H,28,29). The number of oxazole rings is 1. The maximum Gasteiger partial charge on any atom is 0.404 e. The number of amides is 1.